The van der Waals surface area contributed by atoms with E-state index < -0.39 is 10.0 Å². The van der Waals surface area contributed by atoms with Crippen molar-refractivity contribution in [2.45, 2.75) is 30.2 Å². The van der Waals surface area contributed by atoms with E-state index in [1.807, 2.05) is 16.9 Å². The number of carbonyl (C=O) groups is 1. The van der Waals surface area contributed by atoms with Gasteiger partial charge in [-0.3, -0.25) is 19.2 Å². The van der Waals surface area contributed by atoms with Gasteiger partial charge in [0.1, 0.15) is 10.6 Å². The van der Waals surface area contributed by atoms with Gasteiger partial charge in [0, 0.05) is 24.7 Å². The number of hydrogen-bond donors (Lipinski definition) is 3. The zero-order valence-electron chi connectivity index (χ0n) is 19.2. The molecule has 10 nitrogen and oxygen atoms in total. The SMILES string of the molecule is COc1ccc(-c2cnn(C3CCNCC3)c2)cc1S(=O)(=O)Nc1cnc2c(c1)C(=O)NCC2.Cl. The first-order valence-corrected chi connectivity index (χ1v) is 12.7. The van der Waals surface area contributed by atoms with Crippen molar-refractivity contribution in [1.82, 2.24) is 25.4 Å². The molecule has 1 aromatic carbocycles. The van der Waals surface area contributed by atoms with Crippen LogP contribution in [-0.4, -0.2) is 55.8 Å². The number of aromatic nitrogens is 3. The minimum absolute atomic E-state index is 0. The van der Waals surface area contributed by atoms with E-state index in [0.29, 0.717) is 35.8 Å². The highest BCUT2D eigenvalue weighted by Crippen LogP contribution is 2.32. The first-order valence-electron chi connectivity index (χ1n) is 11.2. The molecule has 186 valence electrons. The molecule has 2 aliphatic rings. The molecule has 12 heteroatoms. The fraction of sp³-hybridized carbons (Fsp3) is 0.348. The van der Waals surface area contributed by atoms with Crippen molar-refractivity contribution >= 4 is 34.0 Å². The summed E-state index contributed by atoms with van der Waals surface area (Å²) in [7, 11) is -2.60. The summed E-state index contributed by atoms with van der Waals surface area (Å²) in [6.45, 7) is 2.42. The van der Waals surface area contributed by atoms with E-state index >= 15 is 0 Å². The number of piperidine rings is 1. The Morgan fingerprint density at radius 2 is 1.91 bits per heavy atom. The van der Waals surface area contributed by atoms with Crippen LogP contribution in [0.1, 0.15) is 34.9 Å². The molecule has 0 bridgehead atoms. The van der Waals surface area contributed by atoms with Crippen molar-refractivity contribution in [3.8, 4) is 16.9 Å². The largest absolute Gasteiger partial charge is 0.495 e. The molecule has 3 N–H and O–H groups in total. The number of sulfonamides is 1. The van der Waals surface area contributed by atoms with E-state index in [9.17, 15) is 13.2 Å². The first-order chi connectivity index (χ1) is 16.4. The highest BCUT2D eigenvalue weighted by Gasteiger charge is 2.24. The zero-order valence-corrected chi connectivity index (χ0v) is 20.8. The summed E-state index contributed by atoms with van der Waals surface area (Å²) in [5, 5.41) is 10.6. The Morgan fingerprint density at radius 3 is 2.69 bits per heavy atom. The molecule has 0 unspecified atom stereocenters. The number of pyridine rings is 1. The molecule has 2 aliphatic heterocycles. The van der Waals surface area contributed by atoms with E-state index in [0.717, 1.165) is 31.5 Å². The van der Waals surface area contributed by atoms with Crippen LogP contribution in [0.25, 0.3) is 11.1 Å². The quantitative estimate of drug-likeness (QED) is 0.457. The number of rotatable bonds is 6. The second-order valence-electron chi connectivity index (χ2n) is 8.39. The lowest BCUT2D eigenvalue weighted by atomic mass is 10.1. The van der Waals surface area contributed by atoms with Crippen molar-refractivity contribution in [2.24, 2.45) is 0 Å². The molecule has 0 atom stereocenters. The van der Waals surface area contributed by atoms with Crippen LogP contribution >= 0.6 is 12.4 Å². The summed E-state index contributed by atoms with van der Waals surface area (Å²) in [5.74, 6) is -0.0502. The Labute approximate surface area is 209 Å². The van der Waals surface area contributed by atoms with Crippen LogP contribution in [0.2, 0.25) is 0 Å². The van der Waals surface area contributed by atoms with Crippen molar-refractivity contribution in [3.05, 3.63) is 54.1 Å². The number of ether oxygens (including phenoxy) is 1. The lowest BCUT2D eigenvalue weighted by molar-refractivity contribution is 0.0945. The summed E-state index contributed by atoms with van der Waals surface area (Å²) in [6.07, 6.45) is 7.73. The van der Waals surface area contributed by atoms with Gasteiger partial charge in [-0.25, -0.2) is 8.42 Å². The monoisotopic (exact) mass is 518 g/mol. The Bertz CT molecular complexity index is 1340. The third-order valence-corrected chi connectivity index (χ3v) is 7.59. The van der Waals surface area contributed by atoms with Gasteiger partial charge in [-0.2, -0.15) is 5.10 Å². The van der Waals surface area contributed by atoms with E-state index in [-0.39, 0.29) is 34.6 Å². The fourth-order valence-electron chi connectivity index (χ4n) is 4.37. The maximum absolute atomic E-state index is 13.3. The van der Waals surface area contributed by atoms with Gasteiger partial charge >= 0.3 is 0 Å². The molecular formula is C23H27ClN6O4S. The Morgan fingerprint density at radius 1 is 1.11 bits per heavy atom. The van der Waals surface area contributed by atoms with Gasteiger partial charge in [0.25, 0.3) is 15.9 Å². The predicted molar refractivity (Wildman–Crippen MR) is 134 cm³/mol. The van der Waals surface area contributed by atoms with Crippen molar-refractivity contribution < 1.29 is 17.9 Å². The lowest BCUT2D eigenvalue weighted by Gasteiger charge is -2.22. The summed E-state index contributed by atoms with van der Waals surface area (Å²) < 4.78 is 36.5. The number of benzene rings is 1. The van der Waals surface area contributed by atoms with E-state index in [1.165, 1.54) is 19.4 Å². The Balaban J connectivity index is 0.00000289. The predicted octanol–water partition coefficient (Wildman–Crippen LogP) is 2.39. The van der Waals surface area contributed by atoms with Crippen LogP contribution in [0.3, 0.4) is 0 Å². The molecule has 0 saturated carbocycles. The molecule has 4 heterocycles. The van der Waals surface area contributed by atoms with Crippen LogP contribution in [0.5, 0.6) is 5.75 Å². The van der Waals surface area contributed by atoms with Gasteiger partial charge in [0.2, 0.25) is 0 Å². The molecule has 2 aromatic heterocycles. The molecule has 0 radical (unpaired) electrons. The van der Waals surface area contributed by atoms with Crippen LogP contribution in [-0.2, 0) is 16.4 Å². The third-order valence-electron chi connectivity index (χ3n) is 6.19. The second-order valence-corrected chi connectivity index (χ2v) is 10.0. The van der Waals surface area contributed by atoms with Crippen LogP contribution in [0.15, 0.2) is 47.8 Å². The number of anilines is 1. The number of halogens is 1. The molecule has 35 heavy (non-hydrogen) atoms. The topological polar surface area (TPSA) is 127 Å². The van der Waals surface area contributed by atoms with Crippen LogP contribution in [0.4, 0.5) is 5.69 Å². The third kappa shape index (κ3) is 5.12. The minimum Gasteiger partial charge on any atom is -0.495 e. The molecule has 3 aromatic rings. The molecule has 1 saturated heterocycles. The summed E-state index contributed by atoms with van der Waals surface area (Å²) in [5.41, 5.74) is 2.77. The molecular weight excluding hydrogens is 492 g/mol. The van der Waals surface area contributed by atoms with Crippen molar-refractivity contribution in [3.63, 3.8) is 0 Å². The minimum atomic E-state index is -4.03. The fourth-order valence-corrected chi connectivity index (χ4v) is 5.60. The van der Waals surface area contributed by atoms with Crippen molar-refractivity contribution in [1.29, 1.82) is 0 Å². The van der Waals surface area contributed by atoms with Crippen LogP contribution in [0, 0.1) is 0 Å². The highest BCUT2D eigenvalue weighted by molar-refractivity contribution is 7.92. The standard InChI is InChI=1S/C23H26N6O4S.ClH/c1-33-21-3-2-15(16-12-27-29(14-16)18-4-7-24-8-5-18)10-22(21)34(31,32)28-17-11-19-20(26-13-17)6-9-25-23(19)30;/h2-3,10-14,18,24,28H,4-9H2,1H3,(H,25,30);1H. The Hall–Kier alpha value is -3.15. The van der Waals surface area contributed by atoms with E-state index in [4.69, 9.17) is 4.74 Å². The maximum Gasteiger partial charge on any atom is 0.265 e. The van der Waals surface area contributed by atoms with Gasteiger partial charge in [0.15, 0.2) is 0 Å². The number of nitrogens with one attached hydrogen (secondary N) is 3. The number of methoxy groups -OCH3 is 1. The van der Waals surface area contributed by atoms with Crippen LogP contribution < -0.4 is 20.1 Å². The molecule has 5 rings (SSSR count). The number of nitrogens with zero attached hydrogens (tertiary/aromatic N) is 3. The first kappa shape index (κ1) is 25.0. The number of fused-ring (bicyclic) bond motifs is 1. The van der Waals surface area contributed by atoms with Gasteiger partial charge in [-0.1, -0.05) is 6.07 Å². The highest BCUT2D eigenvalue weighted by atomic mass is 35.5. The smallest absolute Gasteiger partial charge is 0.265 e. The van der Waals surface area contributed by atoms with Gasteiger partial charge in [-0.05, 0) is 49.7 Å². The normalized spacial score (nSPS) is 16.1. The van der Waals surface area contributed by atoms with Gasteiger partial charge in [-0.15, -0.1) is 12.4 Å². The number of hydrogen-bond acceptors (Lipinski definition) is 7. The molecule has 0 spiro atoms. The molecule has 1 amide bonds. The number of carbonyl (C=O) groups excluding carboxylic acids is 1. The summed E-state index contributed by atoms with van der Waals surface area (Å²) >= 11 is 0. The second kappa shape index (κ2) is 10.2. The summed E-state index contributed by atoms with van der Waals surface area (Å²) in [6, 6.07) is 6.85. The zero-order chi connectivity index (χ0) is 23.7. The number of amides is 1. The van der Waals surface area contributed by atoms with Gasteiger partial charge < -0.3 is 15.4 Å². The maximum atomic E-state index is 13.3. The summed E-state index contributed by atoms with van der Waals surface area (Å²) in [4.78, 5) is 16.4. The van der Waals surface area contributed by atoms with E-state index in [1.54, 1.807) is 18.3 Å². The van der Waals surface area contributed by atoms with Crippen molar-refractivity contribution in [2.75, 3.05) is 31.5 Å². The lowest BCUT2D eigenvalue weighted by Crippen LogP contribution is -2.32. The Kier molecular flexibility index (Phi) is 7.29. The van der Waals surface area contributed by atoms with E-state index in [2.05, 4.69) is 25.4 Å². The molecule has 1 fully saturated rings. The molecule has 0 aliphatic carbocycles. The average molecular weight is 519 g/mol. The van der Waals surface area contributed by atoms with Gasteiger partial charge in [0.05, 0.1) is 42.5 Å². The average Bonchev–Trinajstić information content (AvgIpc) is 3.35.